The maximum atomic E-state index is 6.10. The van der Waals surface area contributed by atoms with Crippen molar-refractivity contribution in [2.75, 3.05) is 32.9 Å². The van der Waals surface area contributed by atoms with E-state index in [1.807, 2.05) is 12.4 Å². The van der Waals surface area contributed by atoms with Gasteiger partial charge in [0.25, 0.3) is 0 Å². The van der Waals surface area contributed by atoms with Crippen LogP contribution in [0.5, 0.6) is 0 Å². The molecule has 2 aliphatic heterocycles. The van der Waals surface area contributed by atoms with Crippen molar-refractivity contribution in [3.63, 3.8) is 0 Å². The van der Waals surface area contributed by atoms with Crippen LogP contribution in [-0.2, 0) is 16.0 Å². The lowest BCUT2D eigenvalue weighted by Crippen LogP contribution is -2.64. The van der Waals surface area contributed by atoms with Gasteiger partial charge < -0.3 is 9.47 Å². The summed E-state index contributed by atoms with van der Waals surface area (Å²) in [6, 6.07) is 4.19. The first kappa shape index (κ1) is 13.7. The normalized spacial score (nSPS) is 27.9. The minimum absolute atomic E-state index is 0.0799. The van der Waals surface area contributed by atoms with E-state index < -0.39 is 0 Å². The Hall–Kier alpha value is -0.970. The van der Waals surface area contributed by atoms with E-state index in [9.17, 15) is 0 Å². The highest BCUT2D eigenvalue weighted by Crippen LogP contribution is 2.41. The van der Waals surface area contributed by atoms with E-state index in [4.69, 9.17) is 9.47 Å². The van der Waals surface area contributed by atoms with Gasteiger partial charge in [0, 0.05) is 51.2 Å². The van der Waals surface area contributed by atoms with Crippen molar-refractivity contribution in [2.24, 2.45) is 11.8 Å². The molecule has 1 atom stereocenters. The molecular formula is C17H24N2O2. The maximum Gasteiger partial charge on any atom is 0.0985 e. The first-order valence-electron chi connectivity index (χ1n) is 8.17. The Kier molecular flexibility index (Phi) is 3.69. The van der Waals surface area contributed by atoms with Gasteiger partial charge in [-0.05, 0) is 42.9 Å². The second-order valence-electron chi connectivity index (χ2n) is 6.88. The molecule has 0 aromatic carbocycles. The Balaban J connectivity index is 1.27. The highest BCUT2D eigenvalue weighted by Gasteiger charge is 2.52. The topological polar surface area (TPSA) is 34.6 Å². The van der Waals surface area contributed by atoms with Crippen LogP contribution < -0.4 is 0 Å². The zero-order valence-electron chi connectivity index (χ0n) is 12.5. The summed E-state index contributed by atoms with van der Waals surface area (Å²) in [5.41, 5.74) is 1.41. The highest BCUT2D eigenvalue weighted by atomic mass is 16.5. The molecule has 21 heavy (non-hydrogen) atoms. The zero-order valence-corrected chi connectivity index (χ0v) is 12.5. The summed E-state index contributed by atoms with van der Waals surface area (Å²) in [4.78, 5) is 6.54. The summed E-state index contributed by atoms with van der Waals surface area (Å²) in [7, 11) is 0. The van der Waals surface area contributed by atoms with Crippen LogP contribution in [0.2, 0.25) is 0 Å². The quantitative estimate of drug-likeness (QED) is 0.803. The van der Waals surface area contributed by atoms with E-state index in [0.717, 1.165) is 51.8 Å². The third-order valence-corrected chi connectivity index (χ3v) is 5.11. The molecule has 0 radical (unpaired) electrons. The fourth-order valence-electron chi connectivity index (χ4n) is 3.60. The fraction of sp³-hybridized carbons (Fsp3) is 0.706. The highest BCUT2D eigenvalue weighted by molar-refractivity contribution is 5.13. The van der Waals surface area contributed by atoms with Crippen LogP contribution in [0.25, 0.3) is 0 Å². The van der Waals surface area contributed by atoms with E-state index >= 15 is 0 Å². The number of aromatic nitrogens is 1. The van der Waals surface area contributed by atoms with Crippen molar-refractivity contribution in [1.29, 1.82) is 0 Å². The van der Waals surface area contributed by atoms with Gasteiger partial charge in [-0.3, -0.25) is 9.88 Å². The second kappa shape index (κ2) is 5.67. The number of hydrogen-bond acceptors (Lipinski definition) is 4. The number of hydrogen-bond donors (Lipinski definition) is 0. The maximum absolute atomic E-state index is 6.10. The lowest BCUT2D eigenvalue weighted by Gasteiger charge is -2.50. The van der Waals surface area contributed by atoms with Gasteiger partial charge in [-0.25, -0.2) is 0 Å². The molecule has 4 nitrogen and oxygen atoms in total. The van der Waals surface area contributed by atoms with Crippen molar-refractivity contribution in [3.8, 4) is 0 Å². The molecular weight excluding hydrogens is 264 g/mol. The third-order valence-electron chi connectivity index (χ3n) is 5.11. The van der Waals surface area contributed by atoms with Gasteiger partial charge in [-0.1, -0.05) is 0 Å². The summed E-state index contributed by atoms with van der Waals surface area (Å²) in [6.07, 6.45) is 7.63. The molecule has 2 saturated heterocycles. The monoisotopic (exact) mass is 288 g/mol. The third kappa shape index (κ3) is 2.98. The summed E-state index contributed by atoms with van der Waals surface area (Å²) >= 11 is 0. The molecule has 1 aromatic rings. The van der Waals surface area contributed by atoms with Gasteiger partial charge in [0.15, 0.2) is 0 Å². The molecule has 3 heterocycles. The zero-order chi connectivity index (χ0) is 14.1. The molecule has 0 bridgehead atoms. The Labute approximate surface area is 126 Å². The van der Waals surface area contributed by atoms with Crippen LogP contribution >= 0.6 is 0 Å². The van der Waals surface area contributed by atoms with Gasteiger partial charge in [0.1, 0.15) is 0 Å². The summed E-state index contributed by atoms with van der Waals surface area (Å²) in [5, 5.41) is 0. The van der Waals surface area contributed by atoms with Crippen LogP contribution in [-0.4, -0.2) is 48.4 Å². The van der Waals surface area contributed by atoms with Crippen molar-refractivity contribution in [1.82, 2.24) is 9.88 Å². The summed E-state index contributed by atoms with van der Waals surface area (Å²) < 4.78 is 12.0. The van der Waals surface area contributed by atoms with E-state index in [2.05, 4.69) is 22.0 Å². The lowest BCUT2D eigenvalue weighted by molar-refractivity contribution is -0.146. The predicted molar refractivity (Wildman–Crippen MR) is 79.8 cm³/mol. The van der Waals surface area contributed by atoms with Gasteiger partial charge in [0.2, 0.25) is 0 Å². The van der Waals surface area contributed by atoms with Crippen LogP contribution in [0, 0.1) is 11.8 Å². The van der Waals surface area contributed by atoms with Crippen molar-refractivity contribution in [3.05, 3.63) is 30.1 Å². The second-order valence-corrected chi connectivity index (χ2v) is 6.88. The molecule has 3 fully saturated rings. The van der Waals surface area contributed by atoms with Crippen LogP contribution in [0.1, 0.15) is 24.8 Å². The van der Waals surface area contributed by atoms with Crippen molar-refractivity contribution in [2.45, 2.75) is 31.4 Å². The van der Waals surface area contributed by atoms with Crippen LogP contribution in [0.15, 0.2) is 24.5 Å². The molecule has 0 unspecified atom stereocenters. The molecule has 1 aromatic heterocycles. The van der Waals surface area contributed by atoms with Crippen LogP contribution in [0.4, 0.5) is 0 Å². The van der Waals surface area contributed by atoms with Crippen molar-refractivity contribution >= 4 is 0 Å². The van der Waals surface area contributed by atoms with Gasteiger partial charge >= 0.3 is 0 Å². The number of likely N-dealkylation sites (tertiary alicyclic amines) is 1. The minimum atomic E-state index is 0.0799. The fourth-order valence-corrected chi connectivity index (χ4v) is 3.60. The molecule has 0 N–H and O–H groups in total. The van der Waals surface area contributed by atoms with E-state index in [-0.39, 0.29) is 5.60 Å². The average molecular weight is 288 g/mol. The minimum Gasteiger partial charge on any atom is -0.381 e. The first-order valence-corrected chi connectivity index (χ1v) is 8.17. The number of rotatable bonds is 6. The average Bonchev–Trinajstić information content (AvgIpc) is 3.19. The predicted octanol–water partition coefficient (Wildman–Crippen LogP) is 2.10. The van der Waals surface area contributed by atoms with E-state index in [0.29, 0.717) is 5.92 Å². The molecule has 3 aliphatic rings. The lowest BCUT2D eigenvalue weighted by atomic mass is 9.81. The van der Waals surface area contributed by atoms with Gasteiger partial charge in [0.05, 0.1) is 12.2 Å². The summed E-state index contributed by atoms with van der Waals surface area (Å²) in [6.45, 7) is 5.86. The van der Waals surface area contributed by atoms with E-state index in [1.165, 1.54) is 18.4 Å². The molecule has 114 valence electrons. The van der Waals surface area contributed by atoms with Gasteiger partial charge in [-0.2, -0.15) is 0 Å². The SMILES string of the molecule is c1cc(CN2CC3(C2)OCC[C@H]3COCC2CC2)ccn1. The van der Waals surface area contributed by atoms with Crippen molar-refractivity contribution < 1.29 is 9.47 Å². The Morgan fingerprint density at radius 3 is 2.76 bits per heavy atom. The first-order chi connectivity index (χ1) is 10.3. The van der Waals surface area contributed by atoms with Crippen LogP contribution in [0.3, 0.4) is 0 Å². The molecule has 1 spiro atoms. The molecule has 4 rings (SSSR count). The molecule has 1 aliphatic carbocycles. The Morgan fingerprint density at radius 2 is 2.00 bits per heavy atom. The number of pyridine rings is 1. The number of ether oxygens (including phenoxy) is 2. The molecule has 4 heteroatoms. The van der Waals surface area contributed by atoms with E-state index in [1.54, 1.807) is 0 Å². The summed E-state index contributed by atoms with van der Waals surface area (Å²) in [5.74, 6) is 1.44. The molecule has 1 saturated carbocycles. The number of nitrogens with zero attached hydrogens (tertiary/aromatic N) is 2. The molecule has 0 amide bonds. The Bertz CT molecular complexity index is 469. The van der Waals surface area contributed by atoms with Gasteiger partial charge in [-0.15, -0.1) is 0 Å². The Morgan fingerprint density at radius 1 is 1.19 bits per heavy atom. The largest absolute Gasteiger partial charge is 0.381 e. The smallest absolute Gasteiger partial charge is 0.0985 e. The standard InChI is InChI=1S/C17H24N2O2/c1-2-15(1)10-20-11-16-5-8-21-17(16)12-19(13-17)9-14-3-6-18-7-4-14/h3-4,6-7,15-16H,1-2,5,8-13H2/t16-/m0/s1.